The quantitative estimate of drug-likeness (QED) is 0.852. The van der Waals surface area contributed by atoms with Crippen molar-refractivity contribution in [3.8, 4) is 0 Å². The smallest absolute Gasteiger partial charge is 0.151 e. The Labute approximate surface area is 103 Å². The fourth-order valence-electron chi connectivity index (χ4n) is 2.63. The summed E-state index contributed by atoms with van der Waals surface area (Å²) in [7, 11) is 1.92. The number of hydrogen-bond acceptors (Lipinski definition) is 4. The molecule has 17 heavy (non-hydrogen) atoms. The molecule has 1 N–H and O–H groups in total. The van der Waals surface area contributed by atoms with Crippen molar-refractivity contribution in [1.82, 2.24) is 15.4 Å². The summed E-state index contributed by atoms with van der Waals surface area (Å²) in [6.45, 7) is 5.16. The van der Waals surface area contributed by atoms with Crippen LogP contribution in [0.3, 0.4) is 0 Å². The lowest BCUT2D eigenvalue weighted by Crippen LogP contribution is -2.38. The first-order chi connectivity index (χ1) is 8.33. The minimum Gasteiger partial charge on any atom is -0.360 e. The Bertz CT molecular complexity index is 337. The van der Waals surface area contributed by atoms with Crippen LogP contribution in [0, 0.1) is 0 Å². The van der Waals surface area contributed by atoms with Gasteiger partial charge in [0.15, 0.2) is 5.76 Å². The van der Waals surface area contributed by atoms with Gasteiger partial charge in [-0.25, -0.2) is 0 Å². The van der Waals surface area contributed by atoms with Crippen LogP contribution < -0.4 is 5.32 Å². The molecule has 1 aromatic rings. The van der Waals surface area contributed by atoms with Crippen LogP contribution in [-0.4, -0.2) is 29.7 Å². The van der Waals surface area contributed by atoms with E-state index in [1.807, 2.05) is 7.05 Å². The van der Waals surface area contributed by atoms with Crippen molar-refractivity contribution in [2.75, 3.05) is 13.6 Å². The van der Waals surface area contributed by atoms with E-state index < -0.39 is 0 Å². The van der Waals surface area contributed by atoms with Crippen molar-refractivity contribution in [3.05, 3.63) is 17.5 Å². The summed E-state index contributed by atoms with van der Waals surface area (Å²) in [6, 6.07) is 2.79. The minimum atomic E-state index is 0.724. The predicted molar refractivity (Wildman–Crippen MR) is 67.6 cm³/mol. The Morgan fingerprint density at radius 2 is 2.41 bits per heavy atom. The number of hydrogen-bond donors (Lipinski definition) is 1. The maximum Gasteiger partial charge on any atom is 0.151 e. The van der Waals surface area contributed by atoms with Gasteiger partial charge in [-0.1, -0.05) is 18.5 Å². The van der Waals surface area contributed by atoms with Gasteiger partial charge in [0.1, 0.15) is 0 Å². The third-order valence-electron chi connectivity index (χ3n) is 3.54. The van der Waals surface area contributed by atoms with E-state index in [1.165, 1.54) is 32.2 Å². The summed E-state index contributed by atoms with van der Waals surface area (Å²) in [6.07, 6.45) is 5.25. The van der Waals surface area contributed by atoms with E-state index in [1.54, 1.807) is 0 Å². The van der Waals surface area contributed by atoms with E-state index in [9.17, 15) is 0 Å². The maximum atomic E-state index is 5.38. The average molecular weight is 237 g/mol. The summed E-state index contributed by atoms with van der Waals surface area (Å²) in [5.41, 5.74) is 0.993. The molecule has 4 heteroatoms. The third kappa shape index (κ3) is 3.30. The van der Waals surface area contributed by atoms with Crippen molar-refractivity contribution < 1.29 is 4.52 Å². The summed E-state index contributed by atoms with van der Waals surface area (Å²) in [5, 5.41) is 7.14. The molecule has 0 spiro atoms. The van der Waals surface area contributed by atoms with Crippen LogP contribution in [0.25, 0.3) is 0 Å². The van der Waals surface area contributed by atoms with Crippen molar-refractivity contribution in [1.29, 1.82) is 0 Å². The molecule has 0 bridgehead atoms. The fraction of sp³-hybridized carbons (Fsp3) is 0.769. The lowest BCUT2D eigenvalue weighted by molar-refractivity contribution is 0.123. The topological polar surface area (TPSA) is 41.3 Å². The van der Waals surface area contributed by atoms with Gasteiger partial charge in [-0.05, 0) is 32.9 Å². The molecule has 1 aliphatic heterocycles. The summed E-state index contributed by atoms with van der Waals surface area (Å²) in [4.78, 5) is 2.53. The Hall–Kier alpha value is -0.870. The highest BCUT2D eigenvalue weighted by molar-refractivity contribution is 5.05. The van der Waals surface area contributed by atoms with Crippen LogP contribution in [-0.2, 0) is 13.1 Å². The first kappa shape index (κ1) is 12.6. The van der Waals surface area contributed by atoms with Gasteiger partial charge in [0.05, 0.1) is 12.2 Å². The molecule has 1 atom stereocenters. The van der Waals surface area contributed by atoms with Gasteiger partial charge in [-0.3, -0.25) is 4.90 Å². The van der Waals surface area contributed by atoms with E-state index in [-0.39, 0.29) is 0 Å². The average Bonchev–Trinajstić information content (AvgIpc) is 2.78. The van der Waals surface area contributed by atoms with Crippen molar-refractivity contribution in [2.45, 2.75) is 51.7 Å². The van der Waals surface area contributed by atoms with Gasteiger partial charge in [-0.2, -0.15) is 0 Å². The lowest BCUT2D eigenvalue weighted by Gasteiger charge is -2.34. The zero-order valence-electron chi connectivity index (χ0n) is 10.9. The molecule has 0 radical (unpaired) electrons. The molecule has 1 unspecified atom stereocenters. The van der Waals surface area contributed by atoms with Crippen LogP contribution in [0.4, 0.5) is 0 Å². The van der Waals surface area contributed by atoms with Crippen LogP contribution in [0.15, 0.2) is 10.6 Å². The van der Waals surface area contributed by atoms with Crippen LogP contribution in [0.5, 0.6) is 0 Å². The molecule has 1 aliphatic rings. The predicted octanol–water partition coefficient (Wildman–Crippen LogP) is 2.16. The SMILES string of the molecule is CCC1CCCCN1Cc1cc(CNC)no1. The lowest BCUT2D eigenvalue weighted by atomic mass is 10.00. The number of nitrogens with one attached hydrogen (secondary N) is 1. The van der Waals surface area contributed by atoms with Crippen LogP contribution in [0.1, 0.15) is 44.1 Å². The molecule has 1 saturated heterocycles. The first-order valence-electron chi connectivity index (χ1n) is 6.66. The highest BCUT2D eigenvalue weighted by Gasteiger charge is 2.21. The molecule has 1 aromatic heterocycles. The number of rotatable bonds is 5. The van der Waals surface area contributed by atoms with E-state index >= 15 is 0 Å². The van der Waals surface area contributed by atoms with E-state index in [0.29, 0.717) is 0 Å². The number of piperidine rings is 1. The second-order valence-corrected chi connectivity index (χ2v) is 4.84. The molecule has 0 saturated carbocycles. The normalized spacial score (nSPS) is 21.9. The molecule has 96 valence electrons. The van der Waals surface area contributed by atoms with Crippen molar-refractivity contribution >= 4 is 0 Å². The second-order valence-electron chi connectivity index (χ2n) is 4.84. The zero-order valence-corrected chi connectivity index (χ0v) is 10.9. The van der Waals surface area contributed by atoms with Gasteiger partial charge in [0.2, 0.25) is 0 Å². The van der Waals surface area contributed by atoms with E-state index in [4.69, 9.17) is 4.52 Å². The fourth-order valence-corrected chi connectivity index (χ4v) is 2.63. The summed E-state index contributed by atoms with van der Waals surface area (Å²) < 4.78 is 5.38. The Morgan fingerprint density at radius 3 is 3.18 bits per heavy atom. The van der Waals surface area contributed by atoms with Crippen molar-refractivity contribution in [2.24, 2.45) is 0 Å². The molecule has 2 rings (SSSR count). The highest BCUT2D eigenvalue weighted by atomic mass is 16.5. The molecule has 0 amide bonds. The van der Waals surface area contributed by atoms with E-state index in [2.05, 4.69) is 28.4 Å². The molecule has 0 aromatic carbocycles. The highest BCUT2D eigenvalue weighted by Crippen LogP contribution is 2.21. The standard InChI is InChI=1S/C13H23N3O/c1-3-12-6-4-5-7-16(12)10-13-8-11(9-14-2)15-17-13/h8,12,14H,3-7,9-10H2,1-2H3. The second kappa shape index (κ2) is 6.17. The number of likely N-dealkylation sites (tertiary alicyclic amines) is 1. The van der Waals surface area contributed by atoms with Crippen LogP contribution >= 0.6 is 0 Å². The Balaban J connectivity index is 1.93. The van der Waals surface area contributed by atoms with Gasteiger partial charge >= 0.3 is 0 Å². The molecular weight excluding hydrogens is 214 g/mol. The first-order valence-corrected chi connectivity index (χ1v) is 6.66. The molecule has 4 nitrogen and oxygen atoms in total. The largest absolute Gasteiger partial charge is 0.360 e. The number of nitrogens with zero attached hydrogens (tertiary/aromatic N) is 2. The van der Waals surface area contributed by atoms with E-state index in [0.717, 1.165) is 30.6 Å². The molecule has 1 fully saturated rings. The van der Waals surface area contributed by atoms with Gasteiger partial charge in [0.25, 0.3) is 0 Å². The molecular formula is C13H23N3O. The summed E-state index contributed by atoms with van der Waals surface area (Å²) >= 11 is 0. The van der Waals surface area contributed by atoms with Crippen LogP contribution in [0.2, 0.25) is 0 Å². The van der Waals surface area contributed by atoms with Gasteiger partial charge < -0.3 is 9.84 Å². The Kier molecular flexibility index (Phi) is 4.57. The monoisotopic (exact) mass is 237 g/mol. The zero-order chi connectivity index (χ0) is 12.1. The minimum absolute atomic E-state index is 0.724. The van der Waals surface area contributed by atoms with Gasteiger partial charge in [-0.15, -0.1) is 0 Å². The summed E-state index contributed by atoms with van der Waals surface area (Å²) in [5.74, 6) is 0.996. The molecule has 2 heterocycles. The third-order valence-corrected chi connectivity index (χ3v) is 3.54. The van der Waals surface area contributed by atoms with Crippen molar-refractivity contribution in [3.63, 3.8) is 0 Å². The molecule has 0 aliphatic carbocycles. The van der Waals surface area contributed by atoms with Gasteiger partial charge in [0, 0.05) is 18.7 Å². The maximum absolute atomic E-state index is 5.38. The number of aromatic nitrogens is 1. The Morgan fingerprint density at radius 1 is 1.53 bits per heavy atom.